The lowest BCUT2D eigenvalue weighted by Gasteiger charge is -2.32. The SMILES string of the molecule is CCC1C(=O)NC(=O)CN1S(=O)(=O)c1cc(C)ccc1C. The number of hydrogen-bond donors (Lipinski definition) is 1. The second-order valence-electron chi connectivity index (χ2n) is 5.16. The molecule has 0 spiro atoms. The van der Waals surface area contributed by atoms with E-state index in [0.717, 1.165) is 9.87 Å². The molecule has 1 fully saturated rings. The van der Waals surface area contributed by atoms with Gasteiger partial charge in [-0.1, -0.05) is 19.1 Å². The summed E-state index contributed by atoms with van der Waals surface area (Å²) >= 11 is 0. The van der Waals surface area contributed by atoms with E-state index >= 15 is 0 Å². The molecular formula is C14H18N2O4S. The molecule has 2 rings (SSSR count). The normalized spacial score (nSPS) is 20.4. The van der Waals surface area contributed by atoms with E-state index in [9.17, 15) is 18.0 Å². The van der Waals surface area contributed by atoms with Gasteiger partial charge in [0.2, 0.25) is 21.8 Å². The quantitative estimate of drug-likeness (QED) is 0.834. The number of amides is 2. The van der Waals surface area contributed by atoms with Crippen LogP contribution in [-0.2, 0) is 19.6 Å². The van der Waals surface area contributed by atoms with Gasteiger partial charge >= 0.3 is 0 Å². The zero-order valence-corrected chi connectivity index (χ0v) is 13.0. The molecule has 1 aromatic carbocycles. The number of piperazine rings is 1. The zero-order chi connectivity index (χ0) is 15.8. The van der Waals surface area contributed by atoms with Crippen LogP contribution in [0.1, 0.15) is 24.5 Å². The molecule has 1 aliphatic heterocycles. The first-order valence-electron chi connectivity index (χ1n) is 6.70. The molecule has 0 aromatic heterocycles. The number of sulfonamides is 1. The van der Waals surface area contributed by atoms with E-state index in [1.807, 2.05) is 6.07 Å². The minimum Gasteiger partial charge on any atom is -0.294 e. The van der Waals surface area contributed by atoms with Crippen LogP contribution in [0.5, 0.6) is 0 Å². The maximum atomic E-state index is 12.8. The number of carbonyl (C=O) groups is 2. The number of nitrogens with one attached hydrogen (secondary N) is 1. The Morgan fingerprint density at radius 1 is 1.29 bits per heavy atom. The molecule has 7 heteroatoms. The van der Waals surface area contributed by atoms with Gasteiger partial charge in [-0.15, -0.1) is 0 Å². The molecule has 6 nitrogen and oxygen atoms in total. The molecule has 0 bridgehead atoms. The first-order valence-corrected chi connectivity index (χ1v) is 8.14. The van der Waals surface area contributed by atoms with Crippen LogP contribution >= 0.6 is 0 Å². The van der Waals surface area contributed by atoms with Crippen molar-refractivity contribution in [2.24, 2.45) is 0 Å². The number of rotatable bonds is 3. The Labute approximate surface area is 124 Å². The highest BCUT2D eigenvalue weighted by Gasteiger charge is 2.40. The summed E-state index contributed by atoms with van der Waals surface area (Å²) in [5.74, 6) is -1.17. The minimum absolute atomic E-state index is 0.142. The van der Waals surface area contributed by atoms with E-state index < -0.39 is 27.9 Å². The van der Waals surface area contributed by atoms with Crippen LogP contribution in [0.15, 0.2) is 23.1 Å². The summed E-state index contributed by atoms with van der Waals surface area (Å²) in [5, 5.41) is 2.18. The monoisotopic (exact) mass is 310 g/mol. The Hall–Kier alpha value is -1.73. The molecule has 1 N–H and O–H groups in total. The highest BCUT2D eigenvalue weighted by molar-refractivity contribution is 7.89. The Bertz CT molecular complexity index is 697. The van der Waals surface area contributed by atoms with Crippen molar-refractivity contribution < 1.29 is 18.0 Å². The number of imide groups is 1. The first kappa shape index (κ1) is 15.7. The fraction of sp³-hybridized carbons (Fsp3) is 0.429. The van der Waals surface area contributed by atoms with Crippen molar-refractivity contribution in [2.45, 2.75) is 38.1 Å². The smallest absolute Gasteiger partial charge is 0.245 e. The molecule has 0 radical (unpaired) electrons. The maximum Gasteiger partial charge on any atom is 0.245 e. The van der Waals surface area contributed by atoms with Gasteiger partial charge in [0.25, 0.3) is 0 Å². The largest absolute Gasteiger partial charge is 0.294 e. The van der Waals surface area contributed by atoms with Gasteiger partial charge in [-0.25, -0.2) is 8.42 Å². The number of hydrogen-bond acceptors (Lipinski definition) is 4. The van der Waals surface area contributed by atoms with E-state index in [1.165, 1.54) is 0 Å². The molecule has 1 saturated heterocycles. The third-order valence-corrected chi connectivity index (χ3v) is 5.53. The third kappa shape index (κ3) is 2.84. The Kier molecular flexibility index (Phi) is 4.15. The van der Waals surface area contributed by atoms with Crippen molar-refractivity contribution >= 4 is 21.8 Å². The molecular weight excluding hydrogens is 292 g/mol. The van der Waals surface area contributed by atoms with Gasteiger partial charge in [-0.3, -0.25) is 14.9 Å². The number of benzene rings is 1. The van der Waals surface area contributed by atoms with Gasteiger partial charge < -0.3 is 0 Å². The summed E-state index contributed by atoms with van der Waals surface area (Å²) in [4.78, 5) is 23.5. The molecule has 114 valence electrons. The van der Waals surface area contributed by atoms with Gasteiger partial charge in [-0.2, -0.15) is 4.31 Å². The van der Waals surface area contributed by atoms with Crippen molar-refractivity contribution in [3.63, 3.8) is 0 Å². The molecule has 0 saturated carbocycles. The van der Waals surface area contributed by atoms with E-state index in [2.05, 4.69) is 5.32 Å². The van der Waals surface area contributed by atoms with Gasteiger partial charge in [0.1, 0.15) is 6.04 Å². The third-order valence-electron chi connectivity index (χ3n) is 3.53. The molecule has 1 atom stereocenters. The van der Waals surface area contributed by atoms with Gasteiger partial charge in [-0.05, 0) is 37.5 Å². The Balaban J connectivity index is 2.53. The highest BCUT2D eigenvalue weighted by atomic mass is 32.2. The van der Waals surface area contributed by atoms with E-state index in [0.29, 0.717) is 12.0 Å². The summed E-state index contributed by atoms with van der Waals surface area (Å²) < 4.78 is 26.6. The van der Waals surface area contributed by atoms with Crippen molar-refractivity contribution in [3.8, 4) is 0 Å². The summed E-state index contributed by atoms with van der Waals surface area (Å²) in [6.45, 7) is 4.87. The van der Waals surface area contributed by atoms with Crippen LogP contribution in [0.2, 0.25) is 0 Å². The second kappa shape index (κ2) is 5.57. The molecule has 21 heavy (non-hydrogen) atoms. The fourth-order valence-corrected chi connectivity index (χ4v) is 4.33. The minimum atomic E-state index is -3.89. The van der Waals surface area contributed by atoms with E-state index in [4.69, 9.17) is 0 Å². The molecule has 2 amide bonds. The number of carbonyl (C=O) groups excluding carboxylic acids is 2. The molecule has 1 aliphatic rings. The molecule has 1 aromatic rings. The van der Waals surface area contributed by atoms with E-state index in [1.54, 1.807) is 32.9 Å². The standard InChI is InChI=1S/C14H18N2O4S/c1-4-11-14(18)15-13(17)8-16(11)21(19,20)12-7-9(2)5-6-10(12)3/h5-7,11H,4,8H2,1-3H3,(H,15,17,18). The summed E-state index contributed by atoms with van der Waals surface area (Å²) in [7, 11) is -3.89. The second-order valence-corrected chi connectivity index (χ2v) is 7.01. The van der Waals surface area contributed by atoms with Crippen molar-refractivity contribution in [3.05, 3.63) is 29.3 Å². The lowest BCUT2D eigenvalue weighted by molar-refractivity contribution is -0.137. The summed E-state index contributed by atoms with van der Waals surface area (Å²) in [6, 6.07) is 4.25. The van der Waals surface area contributed by atoms with Crippen LogP contribution in [0.3, 0.4) is 0 Å². The topological polar surface area (TPSA) is 83.6 Å². The van der Waals surface area contributed by atoms with Crippen LogP contribution in [-0.4, -0.2) is 37.1 Å². The molecule has 1 heterocycles. The van der Waals surface area contributed by atoms with Gasteiger partial charge in [0.15, 0.2) is 0 Å². The Morgan fingerprint density at radius 2 is 1.95 bits per heavy atom. The van der Waals surface area contributed by atoms with Crippen LogP contribution in [0.4, 0.5) is 0 Å². The lowest BCUT2D eigenvalue weighted by Crippen LogP contribution is -2.59. The van der Waals surface area contributed by atoms with Crippen LogP contribution < -0.4 is 5.32 Å². The predicted octanol–water partition coefficient (Wildman–Crippen LogP) is 0.729. The summed E-state index contributed by atoms with van der Waals surface area (Å²) in [6.07, 6.45) is 0.309. The van der Waals surface area contributed by atoms with Gasteiger partial charge in [0.05, 0.1) is 11.4 Å². The fourth-order valence-electron chi connectivity index (χ4n) is 2.40. The number of nitrogens with zero attached hydrogens (tertiary/aromatic N) is 1. The van der Waals surface area contributed by atoms with Gasteiger partial charge in [0, 0.05) is 0 Å². The Morgan fingerprint density at radius 3 is 2.57 bits per heavy atom. The van der Waals surface area contributed by atoms with Crippen molar-refractivity contribution in [1.29, 1.82) is 0 Å². The average molecular weight is 310 g/mol. The average Bonchev–Trinajstić information content (AvgIpc) is 2.40. The number of aryl methyl sites for hydroxylation is 2. The predicted molar refractivity (Wildman–Crippen MR) is 77.0 cm³/mol. The van der Waals surface area contributed by atoms with E-state index in [-0.39, 0.29) is 11.4 Å². The molecule has 0 aliphatic carbocycles. The van der Waals surface area contributed by atoms with Crippen molar-refractivity contribution in [1.82, 2.24) is 9.62 Å². The lowest BCUT2D eigenvalue weighted by atomic mass is 10.2. The summed E-state index contributed by atoms with van der Waals surface area (Å²) in [5.41, 5.74) is 1.40. The van der Waals surface area contributed by atoms with Crippen LogP contribution in [0, 0.1) is 13.8 Å². The zero-order valence-electron chi connectivity index (χ0n) is 12.2. The highest BCUT2D eigenvalue weighted by Crippen LogP contribution is 2.25. The molecule has 1 unspecified atom stereocenters. The first-order chi connectivity index (χ1) is 9.77. The van der Waals surface area contributed by atoms with Crippen molar-refractivity contribution in [2.75, 3.05) is 6.54 Å². The van der Waals surface area contributed by atoms with Crippen LogP contribution in [0.25, 0.3) is 0 Å². The maximum absolute atomic E-state index is 12.8.